The maximum absolute atomic E-state index is 14.2. The number of nitrogens with two attached hydrogens (primary N) is 1. The zero-order valence-corrected chi connectivity index (χ0v) is 22.2. The molecule has 3 saturated carbocycles. The molecule has 0 aliphatic heterocycles. The minimum Gasteiger partial charge on any atom is -0.325 e. The predicted octanol–water partition coefficient (Wildman–Crippen LogP) is 6.27. The average molecular weight is 463 g/mol. The second-order valence-electron chi connectivity index (χ2n) is 14.4. The molecule has 3 fully saturated rings. The number of allylic oxidation sites excluding steroid dienone is 4. The third kappa shape index (κ3) is 2.74. The number of carbonyl (C=O) groups is 2. The van der Waals surface area contributed by atoms with Crippen molar-refractivity contribution in [2.75, 3.05) is 0 Å². The van der Waals surface area contributed by atoms with Gasteiger partial charge in [0.05, 0.1) is 6.57 Å². The summed E-state index contributed by atoms with van der Waals surface area (Å²) in [6, 6.07) is 0. The van der Waals surface area contributed by atoms with Crippen LogP contribution < -0.4 is 5.73 Å². The lowest BCUT2D eigenvalue weighted by molar-refractivity contribution is -0.165. The summed E-state index contributed by atoms with van der Waals surface area (Å²) in [7, 11) is 0. The summed E-state index contributed by atoms with van der Waals surface area (Å²) in [6.07, 6.45) is 11.1. The van der Waals surface area contributed by atoms with Crippen LogP contribution in [0.4, 0.5) is 0 Å². The molecule has 5 aliphatic carbocycles. The van der Waals surface area contributed by atoms with E-state index < -0.39 is 10.8 Å². The van der Waals surface area contributed by atoms with Crippen LogP contribution in [-0.2, 0) is 9.59 Å². The first-order valence-corrected chi connectivity index (χ1v) is 13.3. The first kappa shape index (κ1) is 24.0. The highest BCUT2D eigenvalue weighted by molar-refractivity contribution is 6.03. The predicted molar refractivity (Wildman–Crippen MR) is 134 cm³/mol. The Morgan fingerprint density at radius 1 is 0.971 bits per heavy atom. The minimum atomic E-state index is -0.609. The third-order valence-corrected chi connectivity index (χ3v) is 12.1. The summed E-state index contributed by atoms with van der Waals surface area (Å²) in [4.78, 5) is 31.0. The van der Waals surface area contributed by atoms with E-state index in [4.69, 9.17) is 12.3 Å². The van der Waals surface area contributed by atoms with Crippen molar-refractivity contribution in [2.24, 2.45) is 50.6 Å². The summed E-state index contributed by atoms with van der Waals surface area (Å²) in [5.74, 6) is 0.615. The van der Waals surface area contributed by atoms with Gasteiger partial charge in [0.15, 0.2) is 11.6 Å². The maximum atomic E-state index is 14.2. The van der Waals surface area contributed by atoms with Crippen molar-refractivity contribution in [1.29, 1.82) is 0 Å². The Labute approximate surface area is 205 Å². The van der Waals surface area contributed by atoms with Gasteiger partial charge in [0.25, 0.3) is 0 Å². The number of hydrogen-bond acceptors (Lipinski definition) is 3. The molecule has 4 heteroatoms. The van der Waals surface area contributed by atoms with Crippen LogP contribution in [0.5, 0.6) is 0 Å². The van der Waals surface area contributed by atoms with Gasteiger partial charge >= 0.3 is 0 Å². The zero-order chi connectivity index (χ0) is 25.1. The smallest absolute Gasteiger partial charge is 0.226 e. The summed E-state index contributed by atoms with van der Waals surface area (Å²) in [5, 5.41) is 0. The minimum absolute atomic E-state index is 0.00845. The molecule has 0 spiro atoms. The van der Waals surface area contributed by atoms with E-state index in [2.05, 4.69) is 39.5 Å². The molecular formula is C30H42N2O2. The zero-order valence-electron chi connectivity index (χ0n) is 22.2. The SMILES string of the molecule is [C-]#[N+]C1=C[C@]2(C)C3=CC(=O)[C@@H]4[C@@H]5C[C@@](C)(N)CC[C@]5(C)CC[C@@]4(C)[C@]3(C)CC[C@H]2C(C)(C)C1=O. The molecule has 8 atom stereocenters. The molecule has 0 bridgehead atoms. The highest BCUT2D eigenvalue weighted by Crippen LogP contribution is 2.74. The van der Waals surface area contributed by atoms with E-state index in [9.17, 15) is 9.59 Å². The summed E-state index contributed by atoms with van der Waals surface area (Å²) >= 11 is 0. The van der Waals surface area contributed by atoms with Gasteiger partial charge in [0.2, 0.25) is 5.70 Å². The molecule has 184 valence electrons. The van der Waals surface area contributed by atoms with Gasteiger partial charge in [-0.2, -0.15) is 0 Å². The van der Waals surface area contributed by atoms with Crippen molar-refractivity contribution in [3.05, 3.63) is 34.8 Å². The van der Waals surface area contributed by atoms with E-state index in [0.29, 0.717) is 5.92 Å². The molecule has 0 aromatic rings. The van der Waals surface area contributed by atoms with Gasteiger partial charge in [-0.25, -0.2) is 4.85 Å². The average Bonchev–Trinajstić information content (AvgIpc) is 2.74. The Morgan fingerprint density at radius 2 is 1.62 bits per heavy atom. The Hall–Kier alpha value is -1.73. The monoisotopic (exact) mass is 462 g/mol. The van der Waals surface area contributed by atoms with Gasteiger partial charge in [-0.05, 0) is 86.0 Å². The first-order valence-electron chi connectivity index (χ1n) is 13.3. The number of hydrogen-bond donors (Lipinski definition) is 1. The molecule has 0 aromatic carbocycles. The van der Waals surface area contributed by atoms with E-state index >= 15 is 0 Å². The topological polar surface area (TPSA) is 64.5 Å². The molecule has 0 heterocycles. The van der Waals surface area contributed by atoms with Gasteiger partial charge in [0.1, 0.15) is 0 Å². The molecule has 0 aromatic heterocycles. The van der Waals surface area contributed by atoms with Crippen molar-refractivity contribution < 1.29 is 9.59 Å². The number of ketones is 2. The number of Topliss-reactive ketones (excluding diaryl/α,β-unsaturated/α-hetero) is 1. The Bertz CT molecular complexity index is 1090. The maximum Gasteiger partial charge on any atom is 0.226 e. The molecule has 0 amide bonds. The summed E-state index contributed by atoms with van der Waals surface area (Å²) in [6.45, 7) is 23.2. The van der Waals surface area contributed by atoms with Gasteiger partial charge in [-0.3, -0.25) is 4.79 Å². The van der Waals surface area contributed by atoms with Gasteiger partial charge in [0, 0.05) is 22.3 Å². The van der Waals surface area contributed by atoms with E-state index in [1.54, 1.807) is 0 Å². The second-order valence-corrected chi connectivity index (χ2v) is 14.4. The van der Waals surface area contributed by atoms with E-state index in [0.717, 1.165) is 44.9 Å². The molecule has 2 N–H and O–H groups in total. The summed E-state index contributed by atoms with van der Waals surface area (Å²) in [5.41, 5.74) is 6.76. The highest BCUT2D eigenvalue weighted by atomic mass is 16.1. The van der Waals surface area contributed by atoms with Crippen molar-refractivity contribution in [3.8, 4) is 0 Å². The third-order valence-electron chi connectivity index (χ3n) is 12.1. The van der Waals surface area contributed by atoms with Crippen molar-refractivity contribution in [2.45, 2.75) is 99.0 Å². The normalized spacial score (nSPS) is 51.7. The number of rotatable bonds is 0. The fraction of sp³-hybridized carbons (Fsp3) is 0.767. The largest absolute Gasteiger partial charge is 0.325 e. The van der Waals surface area contributed by atoms with Crippen LogP contribution in [0.15, 0.2) is 23.4 Å². The van der Waals surface area contributed by atoms with Crippen LogP contribution in [0.2, 0.25) is 0 Å². The standard InChI is InChI=1S/C30H42N2O2/c1-25(2)21-9-10-29(6)22(28(21,5)17-19(32-8)24(25)34)15-20(33)23-18-16-27(4,31)13-11-26(18,3)12-14-30(23,29)7/h15,17-18,21,23H,9-14,16,31H2,1-7H3/t18-,21-,23-,26+,27-,28-,29+,30+/m0/s1. The number of nitrogens with zero attached hydrogens (tertiary/aromatic N) is 1. The molecule has 4 nitrogen and oxygen atoms in total. The van der Waals surface area contributed by atoms with Crippen LogP contribution in [0.1, 0.15) is 93.4 Å². The van der Waals surface area contributed by atoms with E-state index in [1.165, 1.54) is 5.57 Å². The van der Waals surface area contributed by atoms with Crippen LogP contribution in [0.3, 0.4) is 0 Å². The van der Waals surface area contributed by atoms with Crippen LogP contribution in [0, 0.1) is 51.4 Å². The lowest BCUT2D eigenvalue weighted by Gasteiger charge is -2.69. The Balaban J connectivity index is 1.69. The highest BCUT2D eigenvalue weighted by Gasteiger charge is 2.69. The molecule has 5 aliphatic rings. The summed E-state index contributed by atoms with van der Waals surface area (Å²) < 4.78 is 0. The van der Waals surface area contributed by atoms with Gasteiger partial charge in [-0.1, -0.05) is 53.2 Å². The number of carbonyl (C=O) groups excluding carboxylic acids is 2. The van der Waals surface area contributed by atoms with Crippen molar-refractivity contribution in [1.82, 2.24) is 0 Å². The van der Waals surface area contributed by atoms with Crippen LogP contribution in [0.25, 0.3) is 4.85 Å². The second kappa shape index (κ2) is 6.73. The Kier molecular flexibility index (Phi) is 4.74. The molecular weight excluding hydrogens is 420 g/mol. The molecule has 5 rings (SSSR count). The molecule has 0 radical (unpaired) electrons. The lowest BCUT2D eigenvalue weighted by Crippen LogP contribution is -2.65. The fourth-order valence-corrected chi connectivity index (χ4v) is 9.71. The van der Waals surface area contributed by atoms with Crippen LogP contribution in [-0.4, -0.2) is 17.1 Å². The fourth-order valence-electron chi connectivity index (χ4n) is 9.71. The van der Waals surface area contributed by atoms with E-state index in [1.807, 2.05) is 26.0 Å². The molecule has 0 saturated heterocycles. The quantitative estimate of drug-likeness (QED) is 0.432. The molecule has 34 heavy (non-hydrogen) atoms. The van der Waals surface area contributed by atoms with Crippen LogP contribution >= 0.6 is 0 Å². The number of fused-ring (bicyclic) bond motifs is 7. The van der Waals surface area contributed by atoms with Gasteiger partial charge in [-0.15, -0.1) is 0 Å². The van der Waals surface area contributed by atoms with Gasteiger partial charge < -0.3 is 10.5 Å². The van der Waals surface area contributed by atoms with Crippen molar-refractivity contribution >= 4 is 11.6 Å². The Morgan fingerprint density at radius 3 is 2.26 bits per heavy atom. The lowest BCUT2D eigenvalue weighted by atomic mass is 9.34. The van der Waals surface area contributed by atoms with E-state index in [-0.39, 0.29) is 50.9 Å². The van der Waals surface area contributed by atoms with Crippen molar-refractivity contribution in [3.63, 3.8) is 0 Å². The first-order chi connectivity index (χ1) is 15.6. The molecule has 0 unspecified atom stereocenters.